The minimum atomic E-state index is 0.0948. The SMILES string of the molecule is Cc1noc(C)c1-c1cc2c(-c3ccc(OC4CCOCC4)c(C#N)c3)cccc2[nH]1. The molecule has 1 aliphatic rings. The van der Waals surface area contributed by atoms with Gasteiger partial charge in [-0.25, -0.2) is 0 Å². The van der Waals surface area contributed by atoms with E-state index in [1.165, 1.54) is 0 Å². The summed E-state index contributed by atoms with van der Waals surface area (Å²) in [7, 11) is 0. The number of aromatic amines is 1. The maximum absolute atomic E-state index is 9.74. The fourth-order valence-electron chi connectivity index (χ4n) is 4.27. The highest BCUT2D eigenvalue weighted by Gasteiger charge is 2.19. The predicted molar refractivity (Wildman–Crippen MR) is 118 cm³/mol. The Hall–Kier alpha value is -3.56. The number of fused-ring (bicyclic) bond motifs is 1. The van der Waals surface area contributed by atoms with Gasteiger partial charge in [0, 0.05) is 23.7 Å². The topological polar surface area (TPSA) is 84.1 Å². The predicted octanol–water partition coefficient (Wildman–Crippen LogP) is 5.54. The van der Waals surface area contributed by atoms with Crippen molar-refractivity contribution in [3.05, 3.63) is 59.5 Å². The molecule has 1 saturated heterocycles. The Kier molecular flexibility index (Phi) is 4.97. The first-order valence-electron chi connectivity index (χ1n) is 10.5. The van der Waals surface area contributed by atoms with Gasteiger partial charge in [0.2, 0.25) is 0 Å². The molecule has 0 spiro atoms. The number of hydrogen-bond donors (Lipinski definition) is 1. The highest BCUT2D eigenvalue weighted by atomic mass is 16.5. The van der Waals surface area contributed by atoms with E-state index in [0.717, 1.165) is 57.6 Å². The largest absolute Gasteiger partial charge is 0.489 e. The Morgan fingerprint density at radius 3 is 2.71 bits per heavy atom. The summed E-state index contributed by atoms with van der Waals surface area (Å²) in [6, 6.07) is 16.4. The first kappa shape index (κ1) is 19.4. The Bertz CT molecular complexity index is 1270. The van der Waals surface area contributed by atoms with Crippen molar-refractivity contribution in [1.82, 2.24) is 10.1 Å². The highest BCUT2D eigenvalue weighted by molar-refractivity contribution is 5.98. The maximum Gasteiger partial charge on any atom is 0.143 e. The number of hydrogen-bond acceptors (Lipinski definition) is 5. The Balaban J connectivity index is 1.54. The van der Waals surface area contributed by atoms with Crippen molar-refractivity contribution in [3.8, 4) is 34.2 Å². The van der Waals surface area contributed by atoms with Gasteiger partial charge in [0.15, 0.2) is 0 Å². The summed E-state index contributed by atoms with van der Waals surface area (Å²) in [5.74, 6) is 1.42. The summed E-state index contributed by atoms with van der Waals surface area (Å²) in [4.78, 5) is 3.48. The monoisotopic (exact) mass is 413 g/mol. The second kappa shape index (κ2) is 7.93. The third-order valence-electron chi connectivity index (χ3n) is 5.84. The Morgan fingerprint density at radius 2 is 1.97 bits per heavy atom. The third kappa shape index (κ3) is 3.58. The molecule has 0 atom stereocenters. The smallest absolute Gasteiger partial charge is 0.143 e. The molecule has 3 heterocycles. The zero-order valence-electron chi connectivity index (χ0n) is 17.6. The van der Waals surface area contributed by atoms with Gasteiger partial charge in [-0.15, -0.1) is 0 Å². The van der Waals surface area contributed by atoms with E-state index in [9.17, 15) is 5.26 Å². The van der Waals surface area contributed by atoms with E-state index in [0.29, 0.717) is 24.5 Å². The molecule has 4 aromatic rings. The van der Waals surface area contributed by atoms with Crippen molar-refractivity contribution in [2.45, 2.75) is 32.8 Å². The molecule has 0 amide bonds. The van der Waals surface area contributed by atoms with E-state index < -0.39 is 0 Å². The molecule has 1 fully saturated rings. The van der Waals surface area contributed by atoms with Crippen LogP contribution >= 0.6 is 0 Å². The lowest BCUT2D eigenvalue weighted by Gasteiger charge is -2.24. The van der Waals surface area contributed by atoms with Gasteiger partial charge in [-0.3, -0.25) is 0 Å². The van der Waals surface area contributed by atoms with Gasteiger partial charge in [-0.2, -0.15) is 5.26 Å². The number of aryl methyl sites for hydroxylation is 2. The van der Waals surface area contributed by atoms with E-state index in [1.807, 2.05) is 44.2 Å². The molecule has 1 N–H and O–H groups in total. The van der Waals surface area contributed by atoms with Crippen LogP contribution in [0.15, 0.2) is 47.0 Å². The highest BCUT2D eigenvalue weighted by Crippen LogP contribution is 2.36. The van der Waals surface area contributed by atoms with Crippen LogP contribution in [-0.4, -0.2) is 29.5 Å². The van der Waals surface area contributed by atoms with Crippen LogP contribution in [-0.2, 0) is 4.74 Å². The van der Waals surface area contributed by atoms with Crippen molar-refractivity contribution in [3.63, 3.8) is 0 Å². The average Bonchev–Trinajstić information content (AvgIpc) is 3.36. The summed E-state index contributed by atoms with van der Waals surface area (Å²) in [5.41, 5.74) is 6.41. The van der Waals surface area contributed by atoms with Crippen molar-refractivity contribution in [2.75, 3.05) is 13.2 Å². The van der Waals surface area contributed by atoms with Gasteiger partial charge in [0.25, 0.3) is 0 Å². The lowest BCUT2D eigenvalue weighted by molar-refractivity contribution is 0.0254. The van der Waals surface area contributed by atoms with Crippen molar-refractivity contribution < 1.29 is 14.0 Å². The Morgan fingerprint density at radius 1 is 1.13 bits per heavy atom. The number of ether oxygens (including phenoxy) is 2. The standard InChI is InChI=1S/C25H23N3O3/c1-15-25(16(2)31-28-15)23-13-21-20(4-3-5-22(21)27-23)17-6-7-24(18(12-17)14-26)30-19-8-10-29-11-9-19/h3-7,12-13,19,27H,8-11H2,1-2H3. The number of benzene rings is 2. The number of nitrogens with zero attached hydrogens (tertiary/aromatic N) is 2. The van der Waals surface area contributed by atoms with E-state index in [4.69, 9.17) is 14.0 Å². The minimum absolute atomic E-state index is 0.0948. The molecule has 0 saturated carbocycles. The number of rotatable bonds is 4. The van der Waals surface area contributed by atoms with Crippen LogP contribution in [0.5, 0.6) is 5.75 Å². The maximum atomic E-state index is 9.74. The minimum Gasteiger partial charge on any atom is -0.489 e. The molecular formula is C25H23N3O3. The van der Waals surface area contributed by atoms with Crippen LogP contribution < -0.4 is 4.74 Å². The van der Waals surface area contributed by atoms with E-state index in [1.54, 1.807) is 0 Å². The molecule has 156 valence electrons. The van der Waals surface area contributed by atoms with Crippen LogP contribution in [0.2, 0.25) is 0 Å². The molecule has 31 heavy (non-hydrogen) atoms. The number of nitriles is 1. The second-order valence-electron chi connectivity index (χ2n) is 7.90. The number of nitrogens with one attached hydrogen (secondary N) is 1. The van der Waals surface area contributed by atoms with Gasteiger partial charge in [-0.1, -0.05) is 23.4 Å². The molecule has 0 bridgehead atoms. The summed E-state index contributed by atoms with van der Waals surface area (Å²) >= 11 is 0. The third-order valence-corrected chi connectivity index (χ3v) is 5.84. The molecule has 2 aromatic carbocycles. The van der Waals surface area contributed by atoms with Crippen LogP contribution in [0.1, 0.15) is 29.9 Å². The summed E-state index contributed by atoms with van der Waals surface area (Å²) in [6.45, 7) is 5.26. The van der Waals surface area contributed by atoms with Crippen LogP contribution in [0, 0.1) is 25.2 Å². The molecule has 0 aliphatic carbocycles. The van der Waals surface area contributed by atoms with Crippen molar-refractivity contribution in [1.29, 1.82) is 5.26 Å². The zero-order chi connectivity index (χ0) is 21.4. The quantitative estimate of drug-likeness (QED) is 0.475. The summed E-state index contributed by atoms with van der Waals surface area (Å²) in [5, 5.41) is 14.9. The van der Waals surface area contributed by atoms with E-state index in [2.05, 4.69) is 28.3 Å². The second-order valence-corrected chi connectivity index (χ2v) is 7.90. The van der Waals surface area contributed by atoms with Gasteiger partial charge in [0.1, 0.15) is 23.7 Å². The van der Waals surface area contributed by atoms with E-state index >= 15 is 0 Å². The van der Waals surface area contributed by atoms with E-state index in [-0.39, 0.29) is 6.10 Å². The first-order chi connectivity index (χ1) is 15.1. The van der Waals surface area contributed by atoms with Gasteiger partial charge < -0.3 is 19.0 Å². The number of aromatic nitrogens is 2. The normalized spacial score (nSPS) is 14.6. The summed E-state index contributed by atoms with van der Waals surface area (Å²) < 4.78 is 16.8. The fourth-order valence-corrected chi connectivity index (χ4v) is 4.27. The van der Waals surface area contributed by atoms with Gasteiger partial charge in [-0.05, 0) is 49.2 Å². The van der Waals surface area contributed by atoms with Crippen molar-refractivity contribution in [2.24, 2.45) is 0 Å². The first-order valence-corrected chi connectivity index (χ1v) is 10.5. The van der Waals surface area contributed by atoms with Crippen LogP contribution in [0.4, 0.5) is 0 Å². The lowest BCUT2D eigenvalue weighted by Crippen LogP contribution is -2.26. The molecule has 2 aromatic heterocycles. The molecule has 1 aliphatic heterocycles. The van der Waals surface area contributed by atoms with Gasteiger partial charge in [0.05, 0.1) is 35.7 Å². The molecule has 0 radical (unpaired) electrons. The molecular weight excluding hydrogens is 390 g/mol. The van der Waals surface area contributed by atoms with Gasteiger partial charge >= 0.3 is 0 Å². The van der Waals surface area contributed by atoms with Crippen LogP contribution in [0.3, 0.4) is 0 Å². The fraction of sp³-hybridized carbons (Fsp3) is 0.280. The van der Waals surface area contributed by atoms with Crippen molar-refractivity contribution >= 4 is 10.9 Å². The molecule has 6 heteroatoms. The molecule has 6 nitrogen and oxygen atoms in total. The molecule has 0 unspecified atom stereocenters. The number of H-pyrrole nitrogens is 1. The lowest BCUT2D eigenvalue weighted by atomic mass is 9.99. The zero-order valence-corrected chi connectivity index (χ0v) is 17.6. The Labute approximate surface area is 180 Å². The molecule has 5 rings (SSSR count). The summed E-state index contributed by atoms with van der Waals surface area (Å²) in [6.07, 6.45) is 1.79. The van der Waals surface area contributed by atoms with Crippen LogP contribution in [0.25, 0.3) is 33.3 Å². The average molecular weight is 413 g/mol.